The highest BCUT2D eigenvalue weighted by molar-refractivity contribution is 5.42. The standard InChI is InChI=1S/C16H24O3/c1-12-7-8-15(16(9-12)18-2)19-11-14(17)10-13-5-3-4-6-13/h7-9,13-14,17H,3-6,10-11H2,1-2H3. The van der Waals surface area contributed by atoms with E-state index in [2.05, 4.69) is 0 Å². The molecule has 19 heavy (non-hydrogen) atoms. The Morgan fingerprint density at radius 3 is 2.68 bits per heavy atom. The first-order valence-electron chi connectivity index (χ1n) is 7.14. The van der Waals surface area contributed by atoms with Gasteiger partial charge in [-0.1, -0.05) is 31.7 Å². The lowest BCUT2D eigenvalue weighted by atomic mass is 10.0. The van der Waals surface area contributed by atoms with E-state index in [0.29, 0.717) is 18.3 Å². The number of ether oxygens (including phenoxy) is 2. The van der Waals surface area contributed by atoms with Crippen molar-refractivity contribution in [2.75, 3.05) is 13.7 Å². The zero-order chi connectivity index (χ0) is 13.7. The van der Waals surface area contributed by atoms with Gasteiger partial charge in [0, 0.05) is 0 Å². The van der Waals surface area contributed by atoms with Gasteiger partial charge in [0.1, 0.15) is 6.61 Å². The molecule has 0 saturated heterocycles. The number of aliphatic hydroxyl groups is 1. The lowest BCUT2D eigenvalue weighted by Gasteiger charge is -2.17. The van der Waals surface area contributed by atoms with Gasteiger partial charge in [-0.2, -0.15) is 0 Å². The van der Waals surface area contributed by atoms with Gasteiger partial charge in [-0.25, -0.2) is 0 Å². The molecule has 3 heteroatoms. The lowest BCUT2D eigenvalue weighted by molar-refractivity contribution is 0.0842. The van der Waals surface area contributed by atoms with Gasteiger partial charge in [0.25, 0.3) is 0 Å². The minimum Gasteiger partial charge on any atom is -0.493 e. The first kappa shape index (κ1) is 14.2. The fourth-order valence-electron chi connectivity index (χ4n) is 2.78. The van der Waals surface area contributed by atoms with Crippen LogP contribution in [-0.2, 0) is 0 Å². The molecule has 1 aromatic carbocycles. The van der Waals surface area contributed by atoms with Crippen molar-refractivity contribution in [3.05, 3.63) is 23.8 Å². The molecule has 1 aliphatic carbocycles. The quantitative estimate of drug-likeness (QED) is 0.856. The Bertz CT molecular complexity index is 397. The Morgan fingerprint density at radius 1 is 1.26 bits per heavy atom. The Balaban J connectivity index is 1.83. The van der Waals surface area contributed by atoms with Crippen molar-refractivity contribution >= 4 is 0 Å². The normalized spacial score (nSPS) is 17.4. The average Bonchev–Trinajstić information content (AvgIpc) is 2.90. The van der Waals surface area contributed by atoms with Gasteiger partial charge in [0.2, 0.25) is 0 Å². The summed E-state index contributed by atoms with van der Waals surface area (Å²) in [6.07, 6.45) is 5.60. The molecular weight excluding hydrogens is 240 g/mol. The molecule has 3 nitrogen and oxygen atoms in total. The molecule has 0 spiro atoms. The summed E-state index contributed by atoms with van der Waals surface area (Å²) in [5.74, 6) is 2.12. The zero-order valence-corrected chi connectivity index (χ0v) is 11.9. The van der Waals surface area contributed by atoms with E-state index in [-0.39, 0.29) is 6.10 Å². The van der Waals surface area contributed by atoms with Crippen LogP contribution in [0.4, 0.5) is 0 Å². The van der Waals surface area contributed by atoms with Crippen LogP contribution in [0.3, 0.4) is 0 Å². The number of aryl methyl sites for hydroxylation is 1. The number of rotatable bonds is 6. The fraction of sp³-hybridized carbons (Fsp3) is 0.625. The van der Waals surface area contributed by atoms with Gasteiger partial charge in [0.15, 0.2) is 11.5 Å². The zero-order valence-electron chi connectivity index (χ0n) is 11.9. The molecule has 106 valence electrons. The van der Waals surface area contributed by atoms with Crippen molar-refractivity contribution < 1.29 is 14.6 Å². The molecule has 0 bridgehead atoms. The number of hydrogen-bond donors (Lipinski definition) is 1. The van der Waals surface area contributed by atoms with Crippen LogP contribution in [-0.4, -0.2) is 24.9 Å². The third kappa shape index (κ3) is 4.13. The van der Waals surface area contributed by atoms with Gasteiger partial charge in [-0.05, 0) is 37.0 Å². The monoisotopic (exact) mass is 264 g/mol. The third-order valence-corrected chi connectivity index (χ3v) is 3.83. The van der Waals surface area contributed by atoms with E-state index in [0.717, 1.165) is 17.7 Å². The largest absolute Gasteiger partial charge is 0.493 e. The Morgan fingerprint density at radius 2 is 2.00 bits per heavy atom. The minimum atomic E-state index is -0.380. The highest BCUT2D eigenvalue weighted by atomic mass is 16.5. The van der Waals surface area contributed by atoms with Gasteiger partial charge >= 0.3 is 0 Å². The number of benzene rings is 1. The number of hydrogen-bond acceptors (Lipinski definition) is 3. The van der Waals surface area contributed by atoms with Crippen LogP contribution in [0, 0.1) is 12.8 Å². The Labute approximate surface area is 115 Å². The van der Waals surface area contributed by atoms with Gasteiger partial charge in [-0.15, -0.1) is 0 Å². The Kier molecular flexibility index (Phi) is 5.08. The highest BCUT2D eigenvalue weighted by Crippen LogP contribution is 2.30. The molecule has 2 rings (SSSR count). The molecule has 0 aromatic heterocycles. The molecule has 1 N–H and O–H groups in total. The molecular formula is C16H24O3. The van der Waals surface area contributed by atoms with Crippen LogP contribution in [0.2, 0.25) is 0 Å². The van der Waals surface area contributed by atoms with E-state index >= 15 is 0 Å². The van der Waals surface area contributed by atoms with Crippen LogP contribution in [0.1, 0.15) is 37.7 Å². The molecule has 0 radical (unpaired) electrons. The molecule has 1 atom stereocenters. The SMILES string of the molecule is COc1cc(C)ccc1OCC(O)CC1CCCC1. The van der Waals surface area contributed by atoms with Crippen LogP contribution in [0.15, 0.2) is 18.2 Å². The molecule has 1 aromatic rings. The maximum atomic E-state index is 10.0. The molecule has 1 unspecified atom stereocenters. The van der Waals surface area contributed by atoms with E-state index in [9.17, 15) is 5.11 Å². The molecule has 1 fully saturated rings. The molecule has 0 aliphatic heterocycles. The van der Waals surface area contributed by atoms with E-state index in [1.165, 1.54) is 25.7 Å². The predicted molar refractivity (Wildman–Crippen MR) is 75.8 cm³/mol. The van der Waals surface area contributed by atoms with Gasteiger partial charge < -0.3 is 14.6 Å². The van der Waals surface area contributed by atoms with Crippen LogP contribution in [0.5, 0.6) is 11.5 Å². The second kappa shape index (κ2) is 6.80. The summed E-state index contributed by atoms with van der Waals surface area (Å²) < 4.78 is 11.0. The summed E-state index contributed by atoms with van der Waals surface area (Å²) >= 11 is 0. The van der Waals surface area contributed by atoms with Gasteiger partial charge in [0.05, 0.1) is 13.2 Å². The minimum absolute atomic E-state index is 0.343. The predicted octanol–water partition coefficient (Wildman–Crippen LogP) is 3.32. The highest BCUT2D eigenvalue weighted by Gasteiger charge is 2.19. The average molecular weight is 264 g/mol. The van der Waals surface area contributed by atoms with E-state index in [1.54, 1.807) is 7.11 Å². The number of aliphatic hydroxyl groups excluding tert-OH is 1. The smallest absolute Gasteiger partial charge is 0.161 e. The fourth-order valence-corrected chi connectivity index (χ4v) is 2.78. The van der Waals surface area contributed by atoms with Crippen molar-refractivity contribution in [3.8, 4) is 11.5 Å². The van der Waals surface area contributed by atoms with E-state index in [4.69, 9.17) is 9.47 Å². The van der Waals surface area contributed by atoms with Crippen LogP contribution in [0.25, 0.3) is 0 Å². The summed E-state index contributed by atoms with van der Waals surface area (Å²) in [6.45, 7) is 2.36. The Hall–Kier alpha value is -1.22. The van der Waals surface area contributed by atoms with Crippen molar-refractivity contribution in [1.82, 2.24) is 0 Å². The van der Waals surface area contributed by atoms with E-state index in [1.807, 2.05) is 25.1 Å². The maximum Gasteiger partial charge on any atom is 0.161 e. The summed E-state index contributed by atoms with van der Waals surface area (Å²) in [5, 5.41) is 10.0. The summed E-state index contributed by atoms with van der Waals surface area (Å²) in [6, 6.07) is 5.83. The maximum absolute atomic E-state index is 10.0. The summed E-state index contributed by atoms with van der Waals surface area (Å²) in [4.78, 5) is 0. The second-order valence-electron chi connectivity index (χ2n) is 5.51. The van der Waals surface area contributed by atoms with Crippen molar-refractivity contribution in [3.63, 3.8) is 0 Å². The third-order valence-electron chi connectivity index (χ3n) is 3.83. The second-order valence-corrected chi connectivity index (χ2v) is 5.51. The first-order chi connectivity index (χ1) is 9.19. The van der Waals surface area contributed by atoms with Crippen LogP contribution >= 0.6 is 0 Å². The van der Waals surface area contributed by atoms with Crippen molar-refractivity contribution in [2.24, 2.45) is 5.92 Å². The molecule has 1 aliphatic rings. The van der Waals surface area contributed by atoms with Crippen molar-refractivity contribution in [1.29, 1.82) is 0 Å². The summed E-state index contributed by atoms with van der Waals surface area (Å²) in [7, 11) is 1.64. The van der Waals surface area contributed by atoms with Crippen molar-refractivity contribution in [2.45, 2.75) is 45.1 Å². The topological polar surface area (TPSA) is 38.7 Å². The van der Waals surface area contributed by atoms with Gasteiger partial charge in [-0.3, -0.25) is 0 Å². The first-order valence-corrected chi connectivity index (χ1v) is 7.14. The summed E-state index contributed by atoms with van der Waals surface area (Å²) in [5.41, 5.74) is 1.13. The number of methoxy groups -OCH3 is 1. The molecule has 0 amide bonds. The van der Waals surface area contributed by atoms with E-state index < -0.39 is 0 Å². The lowest BCUT2D eigenvalue weighted by Crippen LogP contribution is -2.20. The van der Waals surface area contributed by atoms with Crippen LogP contribution < -0.4 is 9.47 Å². The molecule has 0 heterocycles. The molecule has 1 saturated carbocycles.